The highest BCUT2D eigenvalue weighted by Gasteiger charge is 2.26. The summed E-state index contributed by atoms with van der Waals surface area (Å²) in [6.45, 7) is 5.27. The zero-order chi connectivity index (χ0) is 13.7. The predicted octanol–water partition coefficient (Wildman–Crippen LogP) is 1.78. The van der Waals surface area contributed by atoms with Crippen molar-refractivity contribution in [3.8, 4) is 0 Å². The molecular formula is C15H28N2O2. The average molecular weight is 268 g/mol. The van der Waals surface area contributed by atoms with Crippen molar-refractivity contribution < 1.29 is 9.53 Å². The maximum Gasteiger partial charge on any atom is 0.222 e. The number of rotatable bonds is 3. The lowest BCUT2D eigenvalue weighted by molar-refractivity contribution is -0.133. The highest BCUT2D eigenvalue weighted by molar-refractivity contribution is 5.76. The van der Waals surface area contributed by atoms with E-state index in [1.54, 1.807) is 0 Å². The molecule has 1 saturated heterocycles. The Morgan fingerprint density at radius 1 is 1.26 bits per heavy atom. The molecule has 1 heterocycles. The van der Waals surface area contributed by atoms with E-state index in [9.17, 15) is 4.79 Å². The van der Waals surface area contributed by atoms with Gasteiger partial charge in [0.05, 0.1) is 6.10 Å². The predicted molar refractivity (Wildman–Crippen MR) is 75.7 cm³/mol. The number of nitrogens with two attached hydrogens (primary N) is 1. The lowest BCUT2D eigenvalue weighted by Crippen LogP contribution is -2.37. The van der Waals surface area contributed by atoms with Gasteiger partial charge in [-0.2, -0.15) is 0 Å². The third-order valence-corrected chi connectivity index (χ3v) is 4.57. The summed E-state index contributed by atoms with van der Waals surface area (Å²) in [5.41, 5.74) is 5.71. The van der Waals surface area contributed by atoms with E-state index in [1.807, 2.05) is 4.90 Å². The van der Waals surface area contributed by atoms with Gasteiger partial charge in [0, 0.05) is 26.1 Å². The monoisotopic (exact) mass is 268 g/mol. The summed E-state index contributed by atoms with van der Waals surface area (Å²) in [6, 6.07) is 0. The first kappa shape index (κ1) is 14.8. The van der Waals surface area contributed by atoms with E-state index in [-0.39, 0.29) is 6.10 Å². The van der Waals surface area contributed by atoms with Gasteiger partial charge in [0.15, 0.2) is 0 Å². The van der Waals surface area contributed by atoms with Gasteiger partial charge in [0.25, 0.3) is 0 Å². The fourth-order valence-corrected chi connectivity index (χ4v) is 3.27. The lowest BCUT2D eigenvalue weighted by atomic mass is 9.80. The van der Waals surface area contributed by atoms with Crippen molar-refractivity contribution in [1.82, 2.24) is 4.90 Å². The van der Waals surface area contributed by atoms with Crippen LogP contribution in [-0.2, 0) is 9.53 Å². The van der Waals surface area contributed by atoms with Crippen molar-refractivity contribution >= 4 is 5.91 Å². The third kappa shape index (κ3) is 4.46. The third-order valence-electron chi connectivity index (χ3n) is 4.57. The maximum absolute atomic E-state index is 12.4. The molecule has 1 aliphatic heterocycles. The van der Waals surface area contributed by atoms with Crippen LogP contribution >= 0.6 is 0 Å². The van der Waals surface area contributed by atoms with E-state index < -0.39 is 0 Å². The SMILES string of the molecule is CC1CN(C(=O)CC2CCC(CN)CC2)CCCO1. The first-order valence-electron chi connectivity index (χ1n) is 7.78. The molecule has 0 spiro atoms. The lowest BCUT2D eigenvalue weighted by Gasteiger charge is -2.29. The average Bonchev–Trinajstić information content (AvgIpc) is 2.64. The molecule has 110 valence electrons. The summed E-state index contributed by atoms with van der Waals surface area (Å²) >= 11 is 0. The highest BCUT2D eigenvalue weighted by atomic mass is 16.5. The van der Waals surface area contributed by atoms with E-state index in [0.29, 0.717) is 17.7 Å². The highest BCUT2D eigenvalue weighted by Crippen LogP contribution is 2.30. The van der Waals surface area contributed by atoms with Crippen LogP contribution in [0, 0.1) is 11.8 Å². The number of carbonyl (C=O) groups excluding carboxylic acids is 1. The van der Waals surface area contributed by atoms with Gasteiger partial charge >= 0.3 is 0 Å². The maximum atomic E-state index is 12.4. The fourth-order valence-electron chi connectivity index (χ4n) is 3.27. The van der Waals surface area contributed by atoms with E-state index in [4.69, 9.17) is 10.5 Å². The fraction of sp³-hybridized carbons (Fsp3) is 0.933. The molecule has 0 aromatic heterocycles. The van der Waals surface area contributed by atoms with Crippen LogP contribution in [0.25, 0.3) is 0 Å². The summed E-state index contributed by atoms with van der Waals surface area (Å²) in [4.78, 5) is 14.4. The van der Waals surface area contributed by atoms with Crippen molar-refractivity contribution in [2.45, 2.75) is 51.6 Å². The molecule has 1 saturated carbocycles. The van der Waals surface area contributed by atoms with Gasteiger partial charge in [-0.1, -0.05) is 0 Å². The molecule has 0 radical (unpaired) electrons. The number of amides is 1. The number of hydrogen-bond acceptors (Lipinski definition) is 3. The Labute approximate surface area is 116 Å². The summed E-state index contributed by atoms with van der Waals surface area (Å²) in [5.74, 6) is 1.60. The van der Waals surface area contributed by atoms with Crippen molar-refractivity contribution in [3.05, 3.63) is 0 Å². The molecule has 1 amide bonds. The molecule has 2 N–H and O–H groups in total. The molecule has 19 heavy (non-hydrogen) atoms. The van der Waals surface area contributed by atoms with E-state index in [2.05, 4.69) is 6.92 Å². The first-order chi connectivity index (χ1) is 9.19. The van der Waals surface area contributed by atoms with Crippen molar-refractivity contribution in [3.63, 3.8) is 0 Å². The normalized spacial score (nSPS) is 32.9. The number of nitrogens with zero attached hydrogens (tertiary/aromatic N) is 1. The van der Waals surface area contributed by atoms with E-state index >= 15 is 0 Å². The van der Waals surface area contributed by atoms with Gasteiger partial charge in [-0.15, -0.1) is 0 Å². The van der Waals surface area contributed by atoms with Gasteiger partial charge in [-0.05, 0) is 57.4 Å². The standard InChI is InChI=1S/C15H28N2O2/c1-12-11-17(7-2-8-19-12)15(18)9-13-3-5-14(10-16)6-4-13/h12-14H,2-11,16H2,1H3. The van der Waals surface area contributed by atoms with Crippen molar-refractivity contribution in [2.24, 2.45) is 17.6 Å². The molecule has 0 bridgehead atoms. The quantitative estimate of drug-likeness (QED) is 0.849. The van der Waals surface area contributed by atoms with Crippen LogP contribution in [0.4, 0.5) is 0 Å². The second kappa shape index (κ2) is 7.25. The molecule has 4 nitrogen and oxygen atoms in total. The van der Waals surface area contributed by atoms with Crippen LogP contribution in [-0.4, -0.2) is 43.2 Å². The van der Waals surface area contributed by atoms with Crippen molar-refractivity contribution in [1.29, 1.82) is 0 Å². The molecule has 2 aliphatic rings. The van der Waals surface area contributed by atoms with Crippen LogP contribution in [0.5, 0.6) is 0 Å². The number of carbonyl (C=O) groups is 1. The molecule has 1 unspecified atom stereocenters. The minimum Gasteiger partial charge on any atom is -0.377 e. The van der Waals surface area contributed by atoms with Gasteiger partial charge < -0.3 is 15.4 Å². The Balaban J connectivity index is 1.77. The van der Waals surface area contributed by atoms with Gasteiger partial charge in [-0.3, -0.25) is 4.79 Å². The molecule has 1 atom stereocenters. The molecule has 0 aromatic rings. The van der Waals surface area contributed by atoms with Crippen LogP contribution in [0.2, 0.25) is 0 Å². The Morgan fingerprint density at radius 2 is 1.95 bits per heavy atom. The minimum atomic E-state index is 0.180. The second-order valence-electron chi connectivity index (χ2n) is 6.20. The summed E-state index contributed by atoms with van der Waals surface area (Å²) in [5, 5.41) is 0. The largest absolute Gasteiger partial charge is 0.377 e. The molecular weight excluding hydrogens is 240 g/mol. The summed E-state index contributed by atoms with van der Waals surface area (Å²) in [6.07, 6.45) is 6.63. The summed E-state index contributed by atoms with van der Waals surface area (Å²) in [7, 11) is 0. The van der Waals surface area contributed by atoms with Gasteiger partial charge in [0.1, 0.15) is 0 Å². The molecule has 2 fully saturated rings. The number of ether oxygens (including phenoxy) is 1. The topological polar surface area (TPSA) is 55.6 Å². The van der Waals surface area contributed by atoms with Gasteiger partial charge in [0.2, 0.25) is 5.91 Å². The van der Waals surface area contributed by atoms with E-state index in [0.717, 1.165) is 39.1 Å². The number of hydrogen-bond donors (Lipinski definition) is 1. The Hall–Kier alpha value is -0.610. The zero-order valence-corrected chi connectivity index (χ0v) is 12.1. The van der Waals surface area contributed by atoms with Crippen LogP contribution in [0.15, 0.2) is 0 Å². The van der Waals surface area contributed by atoms with Crippen LogP contribution in [0.1, 0.15) is 45.4 Å². The Kier molecular flexibility index (Phi) is 5.64. The molecule has 2 rings (SSSR count). The second-order valence-corrected chi connectivity index (χ2v) is 6.20. The first-order valence-corrected chi connectivity index (χ1v) is 7.78. The Bertz CT molecular complexity index is 288. The van der Waals surface area contributed by atoms with Crippen LogP contribution < -0.4 is 5.73 Å². The van der Waals surface area contributed by atoms with Gasteiger partial charge in [-0.25, -0.2) is 0 Å². The summed E-state index contributed by atoms with van der Waals surface area (Å²) < 4.78 is 5.59. The Morgan fingerprint density at radius 3 is 2.63 bits per heavy atom. The zero-order valence-electron chi connectivity index (χ0n) is 12.1. The van der Waals surface area contributed by atoms with Crippen LogP contribution in [0.3, 0.4) is 0 Å². The molecule has 4 heteroatoms. The molecule has 1 aliphatic carbocycles. The van der Waals surface area contributed by atoms with E-state index in [1.165, 1.54) is 25.7 Å². The van der Waals surface area contributed by atoms with Crippen molar-refractivity contribution in [2.75, 3.05) is 26.2 Å². The smallest absolute Gasteiger partial charge is 0.222 e. The molecule has 0 aromatic carbocycles. The minimum absolute atomic E-state index is 0.180.